The number of aliphatic imine (C=N–C) groups is 1. The molecule has 7 nitrogen and oxygen atoms in total. The van der Waals surface area contributed by atoms with E-state index in [1.807, 2.05) is 38.2 Å². The zero-order valence-corrected chi connectivity index (χ0v) is 25.3. The minimum absolute atomic E-state index is 0.00984. The molecule has 230 valence electrons. The molecule has 0 unspecified atom stereocenters. The Labute approximate surface area is 255 Å². The first-order valence-electron chi connectivity index (χ1n) is 14.4. The first-order valence-corrected chi connectivity index (χ1v) is 14.4. The summed E-state index contributed by atoms with van der Waals surface area (Å²) in [6.45, 7) is 10.5. The van der Waals surface area contributed by atoms with Gasteiger partial charge in [-0.25, -0.2) is 18.2 Å². The number of benzene rings is 2. The maximum absolute atomic E-state index is 14.1. The molecule has 0 bridgehead atoms. The molecule has 0 radical (unpaired) electrons. The summed E-state index contributed by atoms with van der Waals surface area (Å²) in [7, 11) is 1.84. The molecule has 3 N–H and O–H groups in total. The van der Waals surface area contributed by atoms with Crippen molar-refractivity contribution in [2.75, 3.05) is 12.4 Å². The second-order valence-corrected chi connectivity index (χ2v) is 10.4. The average Bonchev–Trinajstić information content (AvgIpc) is 3.32. The number of anilines is 1. The Hall–Kier alpha value is -4.70. The van der Waals surface area contributed by atoms with Crippen LogP contribution in [0.3, 0.4) is 0 Å². The predicted molar refractivity (Wildman–Crippen MR) is 170 cm³/mol. The number of aryl methyl sites for hydroxylation is 1. The third-order valence-electron chi connectivity index (χ3n) is 7.10. The monoisotopic (exact) mass is 602 g/mol. The van der Waals surface area contributed by atoms with Crippen molar-refractivity contribution in [2.24, 2.45) is 4.99 Å². The van der Waals surface area contributed by atoms with Gasteiger partial charge in [0.1, 0.15) is 11.6 Å². The van der Waals surface area contributed by atoms with Crippen molar-refractivity contribution >= 4 is 30.2 Å². The van der Waals surface area contributed by atoms with Gasteiger partial charge in [-0.3, -0.25) is 9.78 Å². The first kappa shape index (κ1) is 32.2. The summed E-state index contributed by atoms with van der Waals surface area (Å²) in [6.07, 6.45) is 5.90. The Balaban J connectivity index is 1.54. The van der Waals surface area contributed by atoms with Crippen molar-refractivity contribution in [1.29, 1.82) is 0 Å². The highest BCUT2D eigenvalue weighted by molar-refractivity contribution is 6.05. The van der Waals surface area contributed by atoms with E-state index in [-0.39, 0.29) is 17.7 Å². The van der Waals surface area contributed by atoms with Crippen LogP contribution < -0.4 is 26.5 Å². The van der Waals surface area contributed by atoms with Crippen molar-refractivity contribution in [2.45, 2.75) is 52.7 Å². The molecule has 44 heavy (non-hydrogen) atoms. The summed E-state index contributed by atoms with van der Waals surface area (Å²) in [5, 5.41) is 10.9. The Morgan fingerprint density at radius 3 is 2.43 bits per heavy atom. The molecule has 0 fully saturated rings. The van der Waals surface area contributed by atoms with Gasteiger partial charge >= 0.3 is 0 Å². The number of alkyl halides is 2. The fourth-order valence-electron chi connectivity index (χ4n) is 4.83. The lowest BCUT2D eigenvalue weighted by molar-refractivity contribution is 0.0170. The highest BCUT2D eigenvalue weighted by Gasteiger charge is 2.27. The summed E-state index contributed by atoms with van der Waals surface area (Å²) in [6, 6.07) is 14.4. The standard InChI is InChI=1S/C34H37F3N6O/c1-6-16-43-21-29(31(22(43)3)32(38-5)40-7-2)24-10-8-23(9-11-24)18-39-20-30-28(17-25(19-41-30)34(4,36)37)33(44)42-27-14-12-26(35)13-15-27/h7-15,17,19,21,38-39H,3,6,16,18,20H2,1-2,4-5H3,(H,42,44)/b32-31+,40-7?. The number of hydrogen-bond donors (Lipinski definition) is 3. The molecule has 10 heteroatoms. The number of nitrogens with zero attached hydrogens (tertiary/aromatic N) is 3. The lowest BCUT2D eigenvalue weighted by Gasteiger charge is -2.15. The maximum atomic E-state index is 14.1. The minimum atomic E-state index is -3.17. The lowest BCUT2D eigenvalue weighted by atomic mass is 10.0. The van der Waals surface area contributed by atoms with Crippen LogP contribution in [-0.2, 0) is 25.6 Å². The van der Waals surface area contributed by atoms with Crippen molar-refractivity contribution in [1.82, 2.24) is 20.2 Å². The van der Waals surface area contributed by atoms with Crippen LogP contribution in [0.1, 0.15) is 54.4 Å². The molecule has 4 rings (SSSR count). The molecule has 0 aliphatic rings. The van der Waals surface area contributed by atoms with Gasteiger partial charge < -0.3 is 20.5 Å². The maximum Gasteiger partial charge on any atom is 0.272 e. The Morgan fingerprint density at radius 2 is 1.82 bits per heavy atom. The first-order chi connectivity index (χ1) is 21.0. The van der Waals surface area contributed by atoms with E-state index in [1.165, 1.54) is 24.3 Å². The SMILES string of the molecule is C=c1/c(=C(\N=CC)NC)c(-c2ccc(CNCc3ncc(C(C)(F)F)cc3C(=O)Nc3ccc(F)cc3)cc2)cn1CCC. The zero-order chi connectivity index (χ0) is 31.9. The van der Waals surface area contributed by atoms with Gasteiger partial charge in [0, 0.05) is 79.6 Å². The summed E-state index contributed by atoms with van der Waals surface area (Å²) >= 11 is 0. The van der Waals surface area contributed by atoms with Gasteiger partial charge in [-0.05, 0) is 54.8 Å². The van der Waals surface area contributed by atoms with Gasteiger partial charge in [0.15, 0.2) is 0 Å². The molecule has 1 amide bonds. The van der Waals surface area contributed by atoms with Crippen molar-refractivity contribution in [3.8, 4) is 11.1 Å². The summed E-state index contributed by atoms with van der Waals surface area (Å²) in [5.41, 5.74) is 3.30. The number of nitrogens with one attached hydrogen (secondary N) is 3. The Bertz CT molecular complexity index is 1740. The topological polar surface area (TPSA) is 83.3 Å². The van der Waals surface area contributed by atoms with E-state index in [9.17, 15) is 18.0 Å². The van der Waals surface area contributed by atoms with E-state index >= 15 is 0 Å². The quantitative estimate of drug-likeness (QED) is 0.186. The summed E-state index contributed by atoms with van der Waals surface area (Å²) < 4.78 is 43.6. The number of aromatic nitrogens is 2. The van der Waals surface area contributed by atoms with Crippen LogP contribution in [0.2, 0.25) is 0 Å². The summed E-state index contributed by atoms with van der Waals surface area (Å²) in [5.74, 6) is -3.50. The molecule has 2 aromatic carbocycles. The molecular weight excluding hydrogens is 565 g/mol. The minimum Gasteiger partial charge on any atom is -0.373 e. The fraction of sp³-hybridized carbons (Fsp3) is 0.265. The number of halogens is 3. The molecule has 0 aliphatic heterocycles. The van der Waals surface area contributed by atoms with Crippen LogP contribution in [0.4, 0.5) is 18.9 Å². The number of rotatable bonds is 12. The summed E-state index contributed by atoms with van der Waals surface area (Å²) in [4.78, 5) is 21.8. The van der Waals surface area contributed by atoms with E-state index in [0.29, 0.717) is 17.9 Å². The van der Waals surface area contributed by atoms with E-state index < -0.39 is 17.6 Å². The second-order valence-electron chi connectivity index (χ2n) is 10.4. The highest BCUT2D eigenvalue weighted by Crippen LogP contribution is 2.28. The fourth-order valence-corrected chi connectivity index (χ4v) is 4.83. The van der Waals surface area contributed by atoms with Crippen LogP contribution in [0.5, 0.6) is 0 Å². The third kappa shape index (κ3) is 7.62. The van der Waals surface area contributed by atoms with E-state index in [0.717, 1.165) is 65.2 Å². The van der Waals surface area contributed by atoms with Gasteiger partial charge in [-0.15, -0.1) is 0 Å². The van der Waals surface area contributed by atoms with Crippen LogP contribution >= 0.6 is 0 Å². The highest BCUT2D eigenvalue weighted by atomic mass is 19.3. The van der Waals surface area contributed by atoms with Crippen molar-refractivity contribution in [3.63, 3.8) is 0 Å². The Morgan fingerprint density at radius 1 is 1.11 bits per heavy atom. The Kier molecular flexibility index (Phi) is 10.4. The molecule has 0 saturated carbocycles. The molecule has 0 spiro atoms. The van der Waals surface area contributed by atoms with Crippen molar-refractivity contribution < 1.29 is 18.0 Å². The van der Waals surface area contributed by atoms with Gasteiger partial charge in [0.2, 0.25) is 0 Å². The van der Waals surface area contributed by atoms with E-state index in [4.69, 9.17) is 0 Å². The van der Waals surface area contributed by atoms with Crippen LogP contribution in [-0.4, -0.2) is 28.7 Å². The number of carbonyl (C=O) groups is 1. The molecule has 2 aromatic heterocycles. The zero-order valence-electron chi connectivity index (χ0n) is 25.3. The van der Waals surface area contributed by atoms with Crippen LogP contribution in [0.25, 0.3) is 23.5 Å². The van der Waals surface area contributed by atoms with Gasteiger partial charge in [-0.1, -0.05) is 37.8 Å². The van der Waals surface area contributed by atoms with E-state index in [1.54, 1.807) is 6.21 Å². The smallest absolute Gasteiger partial charge is 0.272 e. The second kappa shape index (κ2) is 14.2. The largest absolute Gasteiger partial charge is 0.373 e. The number of amides is 1. The molecule has 2 heterocycles. The predicted octanol–water partition coefficient (Wildman–Crippen LogP) is 5.54. The van der Waals surface area contributed by atoms with Crippen LogP contribution in [0.15, 0.2) is 72.0 Å². The molecule has 0 atom stereocenters. The molecule has 0 saturated heterocycles. The number of pyridine rings is 1. The number of hydrogen-bond acceptors (Lipinski definition) is 5. The van der Waals surface area contributed by atoms with Crippen LogP contribution in [0, 0.1) is 5.82 Å². The molecular formula is C34H37F3N6O. The molecule has 4 aromatic rings. The van der Waals surface area contributed by atoms with Crippen molar-refractivity contribution in [3.05, 3.63) is 106 Å². The lowest BCUT2D eigenvalue weighted by Crippen LogP contribution is -2.32. The van der Waals surface area contributed by atoms with Gasteiger partial charge in [-0.2, -0.15) is 0 Å². The third-order valence-corrected chi connectivity index (χ3v) is 7.10. The van der Waals surface area contributed by atoms with Gasteiger partial charge in [0.05, 0.1) is 11.3 Å². The van der Waals surface area contributed by atoms with Gasteiger partial charge in [0.25, 0.3) is 11.8 Å². The average molecular weight is 603 g/mol. The normalized spacial score (nSPS) is 12.4. The molecule has 0 aliphatic carbocycles. The van der Waals surface area contributed by atoms with E-state index in [2.05, 4.69) is 50.2 Å². The number of carbonyl (C=O) groups excluding carboxylic acids is 1.